The summed E-state index contributed by atoms with van der Waals surface area (Å²) in [6, 6.07) is 10.5. The minimum Gasteiger partial charge on any atom is -0.493 e. The fourth-order valence-electron chi connectivity index (χ4n) is 5.46. The highest BCUT2D eigenvalue weighted by Crippen LogP contribution is 2.41. The maximum absolute atomic E-state index is 13.3. The molecule has 1 N–H and O–H groups in total. The summed E-state index contributed by atoms with van der Waals surface area (Å²) in [5.74, 6) is -1.23. The minimum absolute atomic E-state index is 0.0619. The van der Waals surface area contributed by atoms with Crippen molar-refractivity contribution in [2.24, 2.45) is 5.92 Å². The number of pyridine rings is 1. The van der Waals surface area contributed by atoms with Crippen LogP contribution in [0.5, 0.6) is 5.75 Å². The molecule has 1 unspecified atom stereocenters. The van der Waals surface area contributed by atoms with E-state index in [2.05, 4.69) is 6.07 Å². The van der Waals surface area contributed by atoms with Crippen LogP contribution in [0.25, 0.3) is 0 Å². The molecule has 2 aromatic rings. The predicted octanol–water partition coefficient (Wildman–Crippen LogP) is 2.92. The standard InChI is InChI=1S/C28H37N3O6/c1-3-12-31(37-15-4-2)26(33)19-30-18-22(20-8-9-24-21(17-20)11-16-36-24)27(28(34)35)23(30)10-14-29-13-6-5-7-25(29)32/h5-9,13,17,22-23,27H,3-4,10-12,14-16,18-19H2,1-2H3,(H,34,35)/t22-,23+,27?/m1/s1. The monoisotopic (exact) mass is 511 g/mol. The first kappa shape index (κ1) is 26.9. The molecular formula is C28H37N3O6. The number of aliphatic carboxylic acids is 1. The SMILES string of the molecule is CCCON(CCC)C(=O)CN1C[C@H](c2ccc3c(c2)CCO3)C(C(=O)O)[C@@H]1CCn1ccccc1=O. The van der Waals surface area contributed by atoms with Crippen molar-refractivity contribution in [3.63, 3.8) is 0 Å². The average molecular weight is 512 g/mol. The van der Waals surface area contributed by atoms with Crippen molar-refractivity contribution in [2.75, 3.05) is 32.8 Å². The van der Waals surface area contributed by atoms with E-state index in [9.17, 15) is 19.5 Å². The van der Waals surface area contributed by atoms with Crippen LogP contribution in [-0.2, 0) is 27.4 Å². The zero-order valence-electron chi connectivity index (χ0n) is 21.7. The van der Waals surface area contributed by atoms with Crippen molar-refractivity contribution in [3.8, 4) is 5.75 Å². The number of hydrogen-bond acceptors (Lipinski definition) is 6. The molecule has 1 fully saturated rings. The molecule has 0 spiro atoms. The Balaban J connectivity index is 1.61. The number of hydroxylamine groups is 2. The van der Waals surface area contributed by atoms with Crippen LogP contribution < -0.4 is 10.3 Å². The average Bonchev–Trinajstić information content (AvgIpc) is 3.50. The summed E-state index contributed by atoms with van der Waals surface area (Å²) in [6.45, 7) is 6.40. The molecule has 0 saturated carbocycles. The first-order chi connectivity index (χ1) is 17.9. The lowest BCUT2D eigenvalue weighted by Gasteiger charge is -2.29. The number of nitrogens with zero attached hydrogens (tertiary/aromatic N) is 3. The minimum atomic E-state index is -0.894. The quantitative estimate of drug-likeness (QED) is 0.437. The molecule has 37 heavy (non-hydrogen) atoms. The Bertz CT molecular complexity index is 1150. The fourth-order valence-corrected chi connectivity index (χ4v) is 5.46. The van der Waals surface area contributed by atoms with Gasteiger partial charge in [0.05, 0.1) is 25.7 Å². The van der Waals surface area contributed by atoms with Crippen molar-refractivity contribution in [2.45, 2.75) is 58.0 Å². The summed E-state index contributed by atoms with van der Waals surface area (Å²) in [5.41, 5.74) is 1.90. The van der Waals surface area contributed by atoms with E-state index in [-0.39, 0.29) is 23.9 Å². The first-order valence-electron chi connectivity index (χ1n) is 13.2. The number of amides is 1. The highest BCUT2D eigenvalue weighted by atomic mass is 16.7. The Hall–Kier alpha value is -3.17. The zero-order chi connectivity index (χ0) is 26.4. The van der Waals surface area contributed by atoms with Crippen LogP contribution in [0.2, 0.25) is 0 Å². The number of aromatic nitrogens is 1. The fraction of sp³-hybridized carbons (Fsp3) is 0.536. The van der Waals surface area contributed by atoms with Crippen LogP contribution in [0.1, 0.15) is 50.2 Å². The second-order valence-electron chi connectivity index (χ2n) is 9.78. The van der Waals surface area contributed by atoms with Gasteiger partial charge in [0, 0.05) is 50.3 Å². The Labute approximate surface area is 217 Å². The van der Waals surface area contributed by atoms with E-state index in [0.717, 1.165) is 36.1 Å². The van der Waals surface area contributed by atoms with Gasteiger partial charge in [0.2, 0.25) is 5.56 Å². The van der Waals surface area contributed by atoms with Gasteiger partial charge in [-0.25, -0.2) is 5.06 Å². The smallest absolute Gasteiger partial charge is 0.308 e. The van der Waals surface area contributed by atoms with Gasteiger partial charge < -0.3 is 14.4 Å². The molecule has 0 radical (unpaired) electrons. The van der Waals surface area contributed by atoms with Crippen LogP contribution in [0.4, 0.5) is 0 Å². The number of hydrogen-bond donors (Lipinski definition) is 1. The summed E-state index contributed by atoms with van der Waals surface area (Å²) in [6.07, 6.45) is 4.49. The third-order valence-corrected chi connectivity index (χ3v) is 7.23. The van der Waals surface area contributed by atoms with E-state index < -0.39 is 17.9 Å². The molecule has 1 aromatic carbocycles. The molecule has 3 heterocycles. The van der Waals surface area contributed by atoms with Gasteiger partial charge in [0.25, 0.3) is 5.91 Å². The molecular weight excluding hydrogens is 474 g/mol. The van der Waals surface area contributed by atoms with Crippen molar-refractivity contribution < 1.29 is 24.3 Å². The molecule has 4 rings (SSSR count). The summed E-state index contributed by atoms with van der Waals surface area (Å²) in [5, 5.41) is 11.8. The molecule has 0 bridgehead atoms. The number of carbonyl (C=O) groups excluding carboxylic acids is 1. The molecule has 3 atom stereocenters. The van der Waals surface area contributed by atoms with E-state index in [0.29, 0.717) is 39.3 Å². The summed E-state index contributed by atoms with van der Waals surface area (Å²) >= 11 is 0. The van der Waals surface area contributed by atoms with Crippen LogP contribution in [0, 0.1) is 5.92 Å². The Kier molecular flexibility index (Phi) is 9.00. The van der Waals surface area contributed by atoms with Crippen LogP contribution in [0.15, 0.2) is 47.4 Å². The van der Waals surface area contributed by atoms with Gasteiger partial charge in [0.15, 0.2) is 0 Å². The van der Waals surface area contributed by atoms with Crippen LogP contribution >= 0.6 is 0 Å². The molecule has 1 saturated heterocycles. The van der Waals surface area contributed by atoms with Gasteiger partial charge in [-0.1, -0.05) is 32.0 Å². The third-order valence-electron chi connectivity index (χ3n) is 7.23. The molecule has 9 heteroatoms. The maximum Gasteiger partial charge on any atom is 0.308 e. The van der Waals surface area contributed by atoms with Gasteiger partial charge in [-0.15, -0.1) is 0 Å². The van der Waals surface area contributed by atoms with E-state index in [1.807, 2.05) is 30.9 Å². The van der Waals surface area contributed by atoms with Crippen molar-refractivity contribution in [1.29, 1.82) is 0 Å². The largest absolute Gasteiger partial charge is 0.493 e. The second kappa shape index (κ2) is 12.4. The number of rotatable bonds is 12. The van der Waals surface area contributed by atoms with Crippen LogP contribution in [-0.4, -0.2) is 70.4 Å². The molecule has 0 aliphatic carbocycles. The number of carboxylic acid groups (broad SMARTS) is 1. The first-order valence-corrected chi connectivity index (χ1v) is 13.2. The molecule has 2 aliphatic heterocycles. The Morgan fingerprint density at radius 2 is 2.03 bits per heavy atom. The Morgan fingerprint density at radius 1 is 1.19 bits per heavy atom. The lowest BCUT2D eigenvalue weighted by atomic mass is 9.83. The van der Waals surface area contributed by atoms with E-state index in [1.165, 1.54) is 11.1 Å². The highest BCUT2D eigenvalue weighted by Gasteiger charge is 2.47. The van der Waals surface area contributed by atoms with Gasteiger partial charge in [0.1, 0.15) is 5.75 Å². The van der Waals surface area contributed by atoms with Crippen molar-refractivity contribution in [3.05, 3.63) is 64.1 Å². The lowest BCUT2D eigenvalue weighted by molar-refractivity contribution is -0.188. The molecule has 1 amide bonds. The topological polar surface area (TPSA) is 101 Å². The predicted molar refractivity (Wildman–Crippen MR) is 138 cm³/mol. The van der Waals surface area contributed by atoms with Crippen molar-refractivity contribution in [1.82, 2.24) is 14.5 Å². The summed E-state index contributed by atoms with van der Waals surface area (Å²) < 4.78 is 7.23. The van der Waals surface area contributed by atoms with E-state index in [4.69, 9.17) is 9.57 Å². The number of ether oxygens (including phenoxy) is 1. The summed E-state index contributed by atoms with van der Waals surface area (Å²) in [7, 11) is 0. The third kappa shape index (κ3) is 6.22. The van der Waals surface area contributed by atoms with Crippen LogP contribution in [0.3, 0.4) is 0 Å². The normalized spacial score (nSPS) is 21.0. The molecule has 9 nitrogen and oxygen atoms in total. The molecule has 1 aromatic heterocycles. The zero-order valence-corrected chi connectivity index (χ0v) is 21.7. The van der Waals surface area contributed by atoms with Gasteiger partial charge in [-0.05, 0) is 42.5 Å². The molecule has 2 aliphatic rings. The highest BCUT2D eigenvalue weighted by molar-refractivity contribution is 5.78. The lowest BCUT2D eigenvalue weighted by Crippen LogP contribution is -2.45. The number of benzene rings is 1. The number of aryl methyl sites for hydroxylation is 1. The second-order valence-corrected chi connectivity index (χ2v) is 9.78. The number of carbonyl (C=O) groups is 2. The maximum atomic E-state index is 13.3. The number of carboxylic acids is 1. The van der Waals surface area contributed by atoms with E-state index in [1.54, 1.807) is 22.9 Å². The number of likely N-dealkylation sites (tertiary alicyclic amines) is 1. The van der Waals surface area contributed by atoms with Crippen molar-refractivity contribution >= 4 is 11.9 Å². The van der Waals surface area contributed by atoms with Gasteiger partial charge in [-0.3, -0.25) is 24.1 Å². The van der Waals surface area contributed by atoms with Gasteiger partial charge >= 0.3 is 5.97 Å². The van der Waals surface area contributed by atoms with E-state index >= 15 is 0 Å². The summed E-state index contributed by atoms with van der Waals surface area (Å²) in [4.78, 5) is 45.9. The number of fused-ring (bicyclic) bond motifs is 1. The Morgan fingerprint density at radius 3 is 2.76 bits per heavy atom. The van der Waals surface area contributed by atoms with Gasteiger partial charge in [-0.2, -0.15) is 0 Å². The molecule has 200 valence electrons.